The van der Waals surface area contributed by atoms with E-state index in [1.54, 1.807) is 29.2 Å². The van der Waals surface area contributed by atoms with Gasteiger partial charge in [-0.3, -0.25) is 9.78 Å². The minimum atomic E-state index is -4.78. The molecule has 5 aromatic rings. The highest BCUT2D eigenvalue weighted by atomic mass is 19.4. The van der Waals surface area contributed by atoms with Crippen molar-refractivity contribution < 1.29 is 17.9 Å². The van der Waals surface area contributed by atoms with Crippen LogP contribution in [0.1, 0.15) is 0 Å². The largest absolute Gasteiger partial charge is 0.573 e. The SMILES string of the molecule is O=c1ccn(-c2ccc(OC(F)(F)F)cc2)nc1-c1ccnn1-c1ccnc2ccccc12. The quantitative estimate of drug-likeness (QED) is 0.403. The number of benzene rings is 2. The van der Waals surface area contributed by atoms with Crippen LogP contribution in [-0.2, 0) is 0 Å². The summed E-state index contributed by atoms with van der Waals surface area (Å²) in [5.74, 6) is -0.352. The van der Waals surface area contributed by atoms with Gasteiger partial charge in [-0.2, -0.15) is 10.2 Å². The second-order valence-corrected chi connectivity index (χ2v) is 6.99. The Labute approximate surface area is 184 Å². The van der Waals surface area contributed by atoms with Crippen molar-refractivity contribution in [1.29, 1.82) is 0 Å². The second kappa shape index (κ2) is 7.90. The van der Waals surface area contributed by atoms with E-state index in [1.807, 2.05) is 24.3 Å². The summed E-state index contributed by atoms with van der Waals surface area (Å²) in [6.45, 7) is 0. The Morgan fingerprint density at radius 2 is 1.67 bits per heavy atom. The van der Waals surface area contributed by atoms with Gasteiger partial charge in [-0.1, -0.05) is 18.2 Å². The van der Waals surface area contributed by atoms with Crippen molar-refractivity contribution in [1.82, 2.24) is 24.5 Å². The maximum absolute atomic E-state index is 12.7. The molecule has 0 aliphatic rings. The third-order valence-electron chi connectivity index (χ3n) is 4.88. The van der Waals surface area contributed by atoms with Crippen molar-refractivity contribution in [2.45, 2.75) is 6.36 Å². The predicted molar refractivity (Wildman–Crippen MR) is 114 cm³/mol. The molecule has 5 rings (SSSR count). The Balaban J connectivity index is 1.57. The zero-order valence-corrected chi connectivity index (χ0v) is 16.8. The van der Waals surface area contributed by atoms with Crippen LogP contribution in [0.5, 0.6) is 5.75 Å². The smallest absolute Gasteiger partial charge is 0.406 e. The van der Waals surface area contributed by atoms with Gasteiger partial charge < -0.3 is 4.74 Å². The Bertz CT molecular complexity index is 1500. The van der Waals surface area contributed by atoms with Gasteiger partial charge in [0.25, 0.3) is 0 Å². The highest BCUT2D eigenvalue weighted by molar-refractivity contribution is 5.87. The van der Waals surface area contributed by atoms with Crippen molar-refractivity contribution >= 4 is 10.9 Å². The van der Waals surface area contributed by atoms with Gasteiger partial charge in [0.05, 0.1) is 28.8 Å². The normalized spacial score (nSPS) is 11.6. The molecule has 164 valence electrons. The van der Waals surface area contributed by atoms with Crippen molar-refractivity contribution in [3.63, 3.8) is 0 Å². The van der Waals surface area contributed by atoms with Crippen molar-refractivity contribution in [2.75, 3.05) is 0 Å². The van der Waals surface area contributed by atoms with E-state index in [0.717, 1.165) is 16.6 Å². The molecular weight excluding hydrogens is 435 g/mol. The van der Waals surface area contributed by atoms with Crippen LogP contribution in [0.4, 0.5) is 13.2 Å². The molecule has 0 spiro atoms. The van der Waals surface area contributed by atoms with Crippen LogP contribution in [0, 0.1) is 0 Å². The van der Waals surface area contributed by atoms with E-state index in [4.69, 9.17) is 0 Å². The number of rotatable bonds is 4. The molecule has 0 atom stereocenters. The van der Waals surface area contributed by atoms with E-state index in [0.29, 0.717) is 11.4 Å². The first-order valence-corrected chi connectivity index (χ1v) is 9.74. The number of fused-ring (bicyclic) bond motifs is 1. The third kappa shape index (κ3) is 4.05. The number of ether oxygens (including phenoxy) is 1. The molecule has 0 amide bonds. The number of aromatic nitrogens is 5. The maximum atomic E-state index is 12.7. The van der Waals surface area contributed by atoms with Gasteiger partial charge in [0.2, 0.25) is 5.43 Å². The highest BCUT2D eigenvalue weighted by Gasteiger charge is 2.31. The minimum Gasteiger partial charge on any atom is -0.406 e. The molecule has 0 aliphatic heterocycles. The van der Waals surface area contributed by atoms with Crippen molar-refractivity contribution in [3.05, 3.63) is 95.5 Å². The Morgan fingerprint density at radius 1 is 0.879 bits per heavy atom. The summed E-state index contributed by atoms with van der Waals surface area (Å²) in [4.78, 5) is 17.0. The molecule has 0 radical (unpaired) electrons. The number of alkyl halides is 3. The summed E-state index contributed by atoms with van der Waals surface area (Å²) >= 11 is 0. The van der Waals surface area contributed by atoms with Crippen LogP contribution < -0.4 is 10.2 Å². The molecule has 0 saturated heterocycles. The topological polar surface area (TPSA) is 74.8 Å². The minimum absolute atomic E-state index is 0.131. The average Bonchev–Trinajstić information content (AvgIpc) is 3.28. The van der Waals surface area contributed by atoms with Crippen molar-refractivity contribution in [3.8, 4) is 28.5 Å². The fourth-order valence-corrected chi connectivity index (χ4v) is 3.47. The highest BCUT2D eigenvalue weighted by Crippen LogP contribution is 2.26. The number of para-hydroxylation sites is 1. The lowest BCUT2D eigenvalue weighted by molar-refractivity contribution is -0.274. The summed E-state index contributed by atoms with van der Waals surface area (Å²) in [7, 11) is 0. The van der Waals surface area contributed by atoms with Gasteiger partial charge in [0.15, 0.2) is 5.69 Å². The second-order valence-electron chi connectivity index (χ2n) is 6.99. The number of halogens is 3. The molecular formula is C23H14F3N5O2. The molecule has 0 saturated carbocycles. The van der Waals surface area contributed by atoms with E-state index < -0.39 is 6.36 Å². The lowest BCUT2D eigenvalue weighted by Crippen LogP contribution is -2.17. The zero-order chi connectivity index (χ0) is 23.0. The Morgan fingerprint density at radius 3 is 2.45 bits per heavy atom. The van der Waals surface area contributed by atoms with E-state index in [1.165, 1.54) is 41.2 Å². The van der Waals surface area contributed by atoms with E-state index >= 15 is 0 Å². The molecule has 3 aromatic heterocycles. The molecule has 2 aromatic carbocycles. The monoisotopic (exact) mass is 449 g/mol. The van der Waals surface area contributed by atoms with E-state index in [2.05, 4.69) is 19.9 Å². The summed E-state index contributed by atoms with van der Waals surface area (Å²) in [6.07, 6.45) is -0.121. The molecule has 10 heteroatoms. The molecule has 0 fully saturated rings. The first kappa shape index (κ1) is 20.4. The number of nitrogens with zero attached hydrogens (tertiary/aromatic N) is 5. The Hall–Kier alpha value is -4.47. The summed E-state index contributed by atoms with van der Waals surface area (Å²) in [5, 5.41) is 9.65. The predicted octanol–water partition coefficient (Wildman–Crippen LogP) is 4.53. The van der Waals surface area contributed by atoms with Gasteiger partial charge in [-0.05, 0) is 42.5 Å². The van der Waals surface area contributed by atoms with Crippen LogP contribution in [0.25, 0.3) is 33.7 Å². The van der Waals surface area contributed by atoms with Crippen LogP contribution >= 0.6 is 0 Å². The van der Waals surface area contributed by atoms with Crippen LogP contribution in [0.2, 0.25) is 0 Å². The third-order valence-corrected chi connectivity index (χ3v) is 4.88. The summed E-state index contributed by atoms with van der Waals surface area (Å²) < 4.78 is 44.1. The molecule has 0 N–H and O–H groups in total. The van der Waals surface area contributed by atoms with Gasteiger partial charge >= 0.3 is 6.36 Å². The zero-order valence-electron chi connectivity index (χ0n) is 16.8. The van der Waals surface area contributed by atoms with E-state index in [-0.39, 0.29) is 16.9 Å². The lowest BCUT2D eigenvalue weighted by atomic mass is 10.2. The summed E-state index contributed by atoms with van der Waals surface area (Å²) in [5.41, 5.74) is 2.21. The van der Waals surface area contributed by atoms with Gasteiger partial charge in [0, 0.05) is 23.8 Å². The fourth-order valence-electron chi connectivity index (χ4n) is 3.47. The lowest BCUT2D eigenvalue weighted by Gasteiger charge is -2.12. The molecule has 0 unspecified atom stereocenters. The molecule has 3 heterocycles. The first-order valence-electron chi connectivity index (χ1n) is 9.74. The molecule has 0 bridgehead atoms. The van der Waals surface area contributed by atoms with Gasteiger partial charge in [-0.15, -0.1) is 13.2 Å². The maximum Gasteiger partial charge on any atom is 0.573 e. The first-order chi connectivity index (χ1) is 15.9. The van der Waals surface area contributed by atoms with Gasteiger partial charge in [-0.25, -0.2) is 9.36 Å². The van der Waals surface area contributed by atoms with Crippen LogP contribution in [0.3, 0.4) is 0 Å². The van der Waals surface area contributed by atoms with Crippen LogP contribution in [0.15, 0.2) is 90.1 Å². The number of hydrogen-bond donors (Lipinski definition) is 0. The summed E-state index contributed by atoms with van der Waals surface area (Å²) in [6, 6.07) is 17.5. The number of hydrogen-bond acceptors (Lipinski definition) is 5. The molecule has 33 heavy (non-hydrogen) atoms. The van der Waals surface area contributed by atoms with Crippen LogP contribution in [-0.4, -0.2) is 30.9 Å². The van der Waals surface area contributed by atoms with Crippen molar-refractivity contribution in [2.24, 2.45) is 0 Å². The molecule has 0 aliphatic carbocycles. The number of pyridine rings is 1. The fraction of sp³-hybridized carbons (Fsp3) is 0.0435. The average molecular weight is 449 g/mol. The molecule has 7 nitrogen and oxygen atoms in total. The Kier molecular flexibility index (Phi) is 4.89. The standard InChI is InChI=1S/C23H14F3N5O2/c24-23(25,26)33-16-7-5-15(6-8-16)30-14-11-21(32)22(29-30)20-10-13-28-31(20)19-9-12-27-18-4-2-1-3-17(18)19/h1-14H. The van der Waals surface area contributed by atoms with E-state index in [9.17, 15) is 18.0 Å². The van der Waals surface area contributed by atoms with Gasteiger partial charge in [0.1, 0.15) is 5.75 Å².